The summed E-state index contributed by atoms with van der Waals surface area (Å²) in [5, 5.41) is -0.0241. The minimum absolute atomic E-state index is 0.0241. The summed E-state index contributed by atoms with van der Waals surface area (Å²) in [6, 6.07) is 7.92. The van der Waals surface area contributed by atoms with E-state index in [1.54, 1.807) is 29.0 Å². The molecule has 0 spiro atoms. The fraction of sp³-hybridized carbons (Fsp3) is 0.350. The van der Waals surface area contributed by atoms with E-state index in [-0.39, 0.29) is 10.9 Å². The number of rotatable bonds is 4. The quantitative estimate of drug-likeness (QED) is 0.785. The summed E-state index contributed by atoms with van der Waals surface area (Å²) in [7, 11) is -4.47. The maximum atomic E-state index is 12.6. The molecule has 0 aliphatic carbocycles. The molecule has 0 saturated carbocycles. The number of aromatic nitrogens is 1. The molecule has 6 nitrogen and oxygen atoms in total. The van der Waals surface area contributed by atoms with Crippen molar-refractivity contribution in [2.75, 3.05) is 0 Å². The predicted octanol–water partition coefficient (Wildman–Crippen LogP) is 3.05. The Balaban J connectivity index is 2.50. The van der Waals surface area contributed by atoms with Gasteiger partial charge in [0.2, 0.25) is 0 Å². The molecule has 144 valence electrons. The molecular formula is C20H24NO5P. The molecule has 2 heterocycles. The SMILES string of the molecule is CCC1=C(n2ccccc2=O)c2c(ccc(P(=O)(O)O)c2CC)OC1(C)C. The van der Waals surface area contributed by atoms with E-state index in [0.29, 0.717) is 35.4 Å². The van der Waals surface area contributed by atoms with E-state index in [1.165, 1.54) is 12.1 Å². The Labute approximate surface area is 158 Å². The van der Waals surface area contributed by atoms with Crippen LogP contribution in [0.3, 0.4) is 0 Å². The Morgan fingerprint density at radius 3 is 2.37 bits per heavy atom. The van der Waals surface area contributed by atoms with Crippen LogP contribution in [0.15, 0.2) is 46.9 Å². The van der Waals surface area contributed by atoms with E-state index in [9.17, 15) is 19.1 Å². The lowest BCUT2D eigenvalue weighted by atomic mass is 9.85. The largest absolute Gasteiger partial charge is 0.483 e. The van der Waals surface area contributed by atoms with E-state index in [4.69, 9.17) is 4.74 Å². The first-order chi connectivity index (χ1) is 12.6. The highest BCUT2D eigenvalue weighted by molar-refractivity contribution is 7.60. The number of ether oxygens (including phenoxy) is 1. The van der Waals surface area contributed by atoms with Crippen LogP contribution in [0.5, 0.6) is 5.75 Å². The first kappa shape index (κ1) is 19.6. The zero-order valence-corrected chi connectivity index (χ0v) is 16.8. The standard InChI is InChI=1S/C20H24NO5P/c1-5-13-16(27(23,24)25)11-10-15-18(13)19(14(6-2)20(3,4)26-15)21-12-8-7-9-17(21)22/h7-12H,5-6H2,1-4H3,(H2,23,24,25). The van der Waals surface area contributed by atoms with E-state index in [2.05, 4.69) is 0 Å². The van der Waals surface area contributed by atoms with Crippen molar-refractivity contribution in [3.63, 3.8) is 0 Å². The molecule has 0 bridgehead atoms. The third kappa shape index (κ3) is 3.29. The average Bonchev–Trinajstić information content (AvgIpc) is 2.58. The predicted molar refractivity (Wildman–Crippen MR) is 106 cm³/mol. The zero-order valence-electron chi connectivity index (χ0n) is 15.9. The Hall–Kier alpha value is -2.14. The molecule has 1 aliphatic rings. The summed E-state index contributed by atoms with van der Waals surface area (Å²) in [5.41, 5.74) is 1.80. The van der Waals surface area contributed by atoms with Gasteiger partial charge in [0.1, 0.15) is 11.4 Å². The molecule has 0 fully saturated rings. The Bertz CT molecular complexity index is 1030. The third-order valence-electron chi connectivity index (χ3n) is 4.95. The first-order valence-electron chi connectivity index (χ1n) is 8.94. The number of hydrogen-bond donors (Lipinski definition) is 2. The Morgan fingerprint density at radius 2 is 1.81 bits per heavy atom. The maximum absolute atomic E-state index is 12.6. The smallest absolute Gasteiger partial charge is 0.356 e. The van der Waals surface area contributed by atoms with Gasteiger partial charge in [0.25, 0.3) is 5.56 Å². The summed E-state index contributed by atoms with van der Waals surface area (Å²) in [6.07, 6.45) is 2.71. The van der Waals surface area contributed by atoms with Crippen LogP contribution in [0.2, 0.25) is 0 Å². The van der Waals surface area contributed by atoms with Gasteiger partial charge in [0.05, 0.1) is 11.0 Å². The van der Waals surface area contributed by atoms with E-state index >= 15 is 0 Å². The van der Waals surface area contributed by atoms with Gasteiger partial charge in [0, 0.05) is 17.8 Å². The number of fused-ring (bicyclic) bond motifs is 1. The molecule has 1 aromatic carbocycles. The van der Waals surface area contributed by atoms with E-state index in [0.717, 1.165) is 5.57 Å². The molecule has 0 unspecified atom stereocenters. The van der Waals surface area contributed by atoms with Crippen LogP contribution < -0.4 is 15.6 Å². The van der Waals surface area contributed by atoms with Crippen LogP contribution in [0.1, 0.15) is 45.2 Å². The molecule has 2 N–H and O–H groups in total. The second kappa shape index (κ2) is 6.79. The van der Waals surface area contributed by atoms with Crippen LogP contribution in [0.25, 0.3) is 5.70 Å². The van der Waals surface area contributed by atoms with Crippen molar-refractivity contribution in [3.8, 4) is 5.75 Å². The van der Waals surface area contributed by atoms with Crippen LogP contribution in [0.4, 0.5) is 0 Å². The average molecular weight is 389 g/mol. The topological polar surface area (TPSA) is 88.8 Å². The molecule has 0 saturated heterocycles. The molecular weight excluding hydrogens is 365 g/mol. The van der Waals surface area contributed by atoms with Crippen LogP contribution in [0, 0.1) is 0 Å². The summed E-state index contributed by atoms with van der Waals surface area (Å²) < 4.78 is 19.8. The van der Waals surface area contributed by atoms with Gasteiger partial charge in [-0.3, -0.25) is 13.9 Å². The molecule has 1 aromatic heterocycles. The lowest BCUT2D eigenvalue weighted by Gasteiger charge is -2.38. The first-order valence-corrected chi connectivity index (χ1v) is 10.6. The fourth-order valence-corrected chi connectivity index (χ4v) is 4.72. The van der Waals surface area contributed by atoms with Crippen LogP contribution >= 0.6 is 7.60 Å². The summed E-state index contributed by atoms with van der Waals surface area (Å²) in [4.78, 5) is 32.3. The molecule has 27 heavy (non-hydrogen) atoms. The van der Waals surface area contributed by atoms with Crippen LogP contribution in [-0.4, -0.2) is 20.0 Å². The van der Waals surface area contributed by atoms with Crippen LogP contribution in [-0.2, 0) is 11.0 Å². The lowest BCUT2D eigenvalue weighted by molar-refractivity contribution is 0.140. The number of nitrogens with zero attached hydrogens (tertiary/aromatic N) is 1. The molecule has 1 aliphatic heterocycles. The van der Waals surface area contributed by atoms with Gasteiger partial charge in [-0.05, 0) is 56.0 Å². The summed E-state index contributed by atoms with van der Waals surface area (Å²) in [5.74, 6) is 0.525. The normalized spacial score (nSPS) is 16.1. The highest BCUT2D eigenvalue weighted by Gasteiger charge is 2.38. The Morgan fingerprint density at radius 1 is 1.11 bits per heavy atom. The zero-order chi connectivity index (χ0) is 20.0. The van der Waals surface area contributed by atoms with Gasteiger partial charge in [-0.1, -0.05) is 19.9 Å². The van der Waals surface area contributed by atoms with Gasteiger partial charge < -0.3 is 14.5 Å². The molecule has 3 rings (SSSR count). The number of pyridine rings is 1. The van der Waals surface area contributed by atoms with Gasteiger partial charge >= 0.3 is 7.60 Å². The maximum Gasteiger partial charge on any atom is 0.356 e. The monoisotopic (exact) mass is 389 g/mol. The molecule has 0 atom stereocenters. The van der Waals surface area contributed by atoms with Gasteiger partial charge in [0.15, 0.2) is 0 Å². The van der Waals surface area contributed by atoms with Crippen molar-refractivity contribution in [2.45, 2.75) is 46.1 Å². The fourth-order valence-electron chi connectivity index (χ4n) is 3.83. The highest BCUT2D eigenvalue weighted by atomic mass is 31.2. The van der Waals surface area contributed by atoms with Crippen molar-refractivity contribution in [1.82, 2.24) is 4.57 Å². The molecule has 2 aromatic rings. The van der Waals surface area contributed by atoms with E-state index < -0.39 is 13.2 Å². The summed E-state index contributed by atoms with van der Waals surface area (Å²) >= 11 is 0. The summed E-state index contributed by atoms with van der Waals surface area (Å²) in [6.45, 7) is 7.69. The highest BCUT2D eigenvalue weighted by Crippen LogP contribution is 2.46. The minimum atomic E-state index is -4.47. The van der Waals surface area contributed by atoms with Gasteiger partial charge in [-0.15, -0.1) is 0 Å². The van der Waals surface area contributed by atoms with Crippen molar-refractivity contribution in [2.24, 2.45) is 0 Å². The van der Waals surface area contributed by atoms with Crippen molar-refractivity contribution >= 4 is 18.6 Å². The molecule has 0 radical (unpaired) electrons. The number of hydrogen-bond acceptors (Lipinski definition) is 3. The molecule has 7 heteroatoms. The molecule has 0 amide bonds. The van der Waals surface area contributed by atoms with Gasteiger partial charge in [-0.2, -0.15) is 0 Å². The second-order valence-electron chi connectivity index (χ2n) is 7.04. The van der Waals surface area contributed by atoms with Crippen molar-refractivity contribution in [3.05, 3.63) is 63.6 Å². The van der Waals surface area contributed by atoms with Crippen molar-refractivity contribution < 1.29 is 19.1 Å². The third-order valence-corrected chi connectivity index (χ3v) is 6.00. The lowest BCUT2D eigenvalue weighted by Crippen LogP contribution is -2.38. The van der Waals surface area contributed by atoms with Gasteiger partial charge in [-0.25, -0.2) is 0 Å². The van der Waals surface area contributed by atoms with E-state index in [1.807, 2.05) is 27.7 Å². The minimum Gasteiger partial charge on any atom is -0.483 e. The number of benzene rings is 1. The second-order valence-corrected chi connectivity index (χ2v) is 8.61. The van der Waals surface area contributed by atoms with Crippen molar-refractivity contribution in [1.29, 1.82) is 0 Å². The Kier molecular flexibility index (Phi) is 4.93.